The molecule has 1 amide bonds. The maximum atomic E-state index is 12.0. The summed E-state index contributed by atoms with van der Waals surface area (Å²) in [4.78, 5) is 12.0. The standard InChI is InChI=1S/C16H28N2O/c1-10(17)14(19)18-15(2,3)16-7-11-4-12(8-16)6-13(5-11)9-16/h10-13H,4-9,17H2,1-3H3,(H,18,19). The molecule has 108 valence electrons. The topological polar surface area (TPSA) is 55.1 Å². The average molecular weight is 264 g/mol. The van der Waals surface area contributed by atoms with E-state index in [1.165, 1.54) is 38.5 Å². The van der Waals surface area contributed by atoms with E-state index in [0.717, 1.165) is 17.8 Å². The molecule has 0 heterocycles. The summed E-state index contributed by atoms with van der Waals surface area (Å²) in [5, 5.41) is 3.25. The van der Waals surface area contributed by atoms with Gasteiger partial charge < -0.3 is 11.1 Å². The Labute approximate surface area is 116 Å². The third kappa shape index (κ3) is 2.10. The van der Waals surface area contributed by atoms with Gasteiger partial charge in [0.2, 0.25) is 5.91 Å². The zero-order valence-corrected chi connectivity index (χ0v) is 12.5. The second kappa shape index (κ2) is 4.21. The van der Waals surface area contributed by atoms with Crippen LogP contribution in [0.2, 0.25) is 0 Å². The van der Waals surface area contributed by atoms with Crippen molar-refractivity contribution in [2.75, 3.05) is 0 Å². The molecule has 4 aliphatic rings. The van der Waals surface area contributed by atoms with Gasteiger partial charge >= 0.3 is 0 Å². The van der Waals surface area contributed by atoms with Crippen LogP contribution in [0, 0.1) is 23.2 Å². The molecule has 4 rings (SSSR count). The van der Waals surface area contributed by atoms with Crippen LogP contribution in [0.5, 0.6) is 0 Å². The monoisotopic (exact) mass is 264 g/mol. The molecule has 1 atom stereocenters. The highest BCUT2D eigenvalue weighted by molar-refractivity contribution is 5.81. The Hall–Kier alpha value is -0.570. The number of hydrogen-bond donors (Lipinski definition) is 2. The molecule has 0 saturated heterocycles. The number of amides is 1. The smallest absolute Gasteiger partial charge is 0.237 e. The Balaban J connectivity index is 1.82. The van der Waals surface area contributed by atoms with Crippen molar-refractivity contribution in [1.82, 2.24) is 5.32 Å². The van der Waals surface area contributed by atoms with Crippen molar-refractivity contribution < 1.29 is 4.79 Å². The summed E-state index contributed by atoms with van der Waals surface area (Å²) in [5.74, 6) is 2.74. The predicted molar refractivity (Wildman–Crippen MR) is 76.5 cm³/mol. The molecule has 0 aliphatic heterocycles. The van der Waals surface area contributed by atoms with E-state index < -0.39 is 6.04 Å². The first-order valence-electron chi connectivity index (χ1n) is 7.89. The van der Waals surface area contributed by atoms with Crippen LogP contribution in [0.15, 0.2) is 0 Å². The van der Waals surface area contributed by atoms with Crippen molar-refractivity contribution in [2.24, 2.45) is 28.9 Å². The van der Waals surface area contributed by atoms with Crippen molar-refractivity contribution in [1.29, 1.82) is 0 Å². The summed E-state index contributed by atoms with van der Waals surface area (Å²) in [6.07, 6.45) is 8.26. The second-order valence-electron chi connectivity index (χ2n) is 8.10. The fourth-order valence-corrected chi connectivity index (χ4v) is 5.43. The summed E-state index contributed by atoms with van der Waals surface area (Å²) in [7, 11) is 0. The number of hydrogen-bond acceptors (Lipinski definition) is 2. The van der Waals surface area contributed by atoms with Gasteiger partial charge in [0, 0.05) is 5.54 Å². The van der Waals surface area contributed by atoms with Crippen LogP contribution in [0.25, 0.3) is 0 Å². The lowest BCUT2D eigenvalue weighted by molar-refractivity contribution is -0.133. The van der Waals surface area contributed by atoms with Gasteiger partial charge in [0.15, 0.2) is 0 Å². The number of nitrogens with one attached hydrogen (secondary N) is 1. The molecule has 3 nitrogen and oxygen atoms in total. The van der Waals surface area contributed by atoms with Crippen LogP contribution < -0.4 is 11.1 Å². The Bertz CT molecular complexity index is 351. The van der Waals surface area contributed by atoms with Gasteiger partial charge in [-0.3, -0.25) is 4.79 Å². The Morgan fingerprint density at radius 3 is 1.95 bits per heavy atom. The maximum Gasteiger partial charge on any atom is 0.237 e. The van der Waals surface area contributed by atoms with Crippen molar-refractivity contribution in [3.05, 3.63) is 0 Å². The Morgan fingerprint density at radius 2 is 1.58 bits per heavy atom. The molecule has 0 aromatic carbocycles. The van der Waals surface area contributed by atoms with Crippen LogP contribution in [-0.2, 0) is 4.79 Å². The lowest BCUT2D eigenvalue weighted by Crippen LogP contribution is -2.64. The molecule has 4 fully saturated rings. The van der Waals surface area contributed by atoms with Gasteiger partial charge in [-0.05, 0) is 82.5 Å². The molecule has 3 N–H and O–H groups in total. The minimum atomic E-state index is -0.409. The van der Waals surface area contributed by atoms with Gasteiger partial charge in [-0.2, -0.15) is 0 Å². The summed E-state index contributed by atoms with van der Waals surface area (Å²) in [5.41, 5.74) is 5.93. The molecule has 4 aliphatic carbocycles. The van der Waals surface area contributed by atoms with Gasteiger partial charge in [-0.25, -0.2) is 0 Å². The normalized spacial score (nSPS) is 42.2. The van der Waals surface area contributed by atoms with Gasteiger partial charge in [0.05, 0.1) is 6.04 Å². The van der Waals surface area contributed by atoms with E-state index in [1.807, 2.05) is 0 Å². The molecule has 3 heteroatoms. The van der Waals surface area contributed by atoms with Crippen molar-refractivity contribution in [2.45, 2.75) is 70.9 Å². The molecule has 19 heavy (non-hydrogen) atoms. The van der Waals surface area contributed by atoms with Gasteiger partial charge in [-0.1, -0.05) is 0 Å². The number of carbonyl (C=O) groups excluding carboxylic acids is 1. The van der Waals surface area contributed by atoms with E-state index in [4.69, 9.17) is 5.73 Å². The first-order valence-corrected chi connectivity index (χ1v) is 7.89. The van der Waals surface area contributed by atoms with E-state index in [1.54, 1.807) is 6.92 Å². The Kier molecular flexibility index (Phi) is 2.97. The fourth-order valence-electron chi connectivity index (χ4n) is 5.43. The van der Waals surface area contributed by atoms with Crippen molar-refractivity contribution in [3.8, 4) is 0 Å². The minimum Gasteiger partial charge on any atom is -0.349 e. The summed E-state index contributed by atoms with van der Waals surface area (Å²) < 4.78 is 0. The highest BCUT2D eigenvalue weighted by atomic mass is 16.2. The van der Waals surface area contributed by atoms with Crippen LogP contribution in [0.4, 0.5) is 0 Å². The van der Waals surface area contributed by atoms with Crippen molar-refractivity contribution in [3.63, 3.8) is 0 Å². The van der Waals surface area contributed by atoms with Gasteiger partial charge in [0.25, 0.3) is 0 Å². The highest BCUT2D eigenvalue weighted by Gasteiger charge is 2.57. The number of carbonyl (C=O) groups is 1. The zero-order valence-electron chi connectivity index (χ0n) is 12.5. The molecule has 4 saturated carbocycles. The lowest BCUT2D eigenvalue weighted by Gasteiger charge is -2.62. The van der Waals surface area contributed by atoms with E-state index in [9.17, 15) is 4.79 Å². The summed E-state index contributed by atoms with van der Waals surface area (Å²) in [6, 6.07) is -0.409. The first kappa shape index (κ1) is 13.4. The molecule has 0 aromatic heterocycles. The SMILES string of the molecule is CC(N)C(=O)NC(C)(C)C12CC3CC(CC(C3)C1)C2. The highest BCUT2D eigenvalue weighted by Crippen LogP contribution is 2.63. The first-order chi connectivity index (χ1) is 8.81. The third-order valence-corrected chi connectivity index (χ3v) is 6.21. The van der Waals surface area contributed by atoms with Gasteiger partial charge in [0.1, 0.15) is 0 Å². The molecule has 4 bridgehead atoms. The van der Waals surface area contributed by atoms with Crippen LogP contribution in [0.3, 0.4) is 0 Å². The van der Waals surface area contributed by atoms with Crippen molar-refractivity contribution >= 4 is 5.91 Å². The van der Waals surface area contributed by atoms with E-state index in [-0.39, 0.29) is 11.4 Å². The largest absolute Gasteiger partial charge is 0.349 e. The molecule has 0 radical (unpaired) electrons. The quantitative estimate of drug-likeness (QED) is 0.822. The lowest BCUT2D eigenvalue weighted by atomic mass is 9.45. The molecular weight excluding hydrogens is 236 g/mol. The molecular formula is C16H28N2O. The third-order valence-electron chi connectivity index (χ3n) is 6.21. The van der Waals surface area contributed by atoms with E-state index in [2.05, 4.69) is 19.2 Å². The van der Waals surface area contributed by atoms with E-state index >= 15 is 0 Å². The second-order valence-corrected chi connectivity index (χ2v) is 8.10. The summed E-state index contributed by atoms with van der Waals surface area (Å²) >= 11 is 0. The Morgan fingerprint density at radius 1 is 1.16 bits per heavy atom. The summed E-state index contributed by atoms with van der Waals surface area (Å²) in [6.45, 7) is 6.21. The van der Waals surface area contributed by atoms with E-state index in [0.29, 0.717) is 5.41 Å². The molecule has 1 unspecified atom stereocenters. The fraction of sp³-hybridized carbons (Fsp3) is 0.938. The number of rotatable bonds is 3. The maximum absolute atomic E-state index is 12.0. The number of nitrogens with two attached hydrogens (primary N) is 1. The van der Waals surface area contributed by atoms with Crippen LogP contribution in [-0.4, -0.2) is 17.5 Å². The van der Waals surface area contributed by atoms with Gasteiger partial charge in [-0.15, -0.1) is 0 Å². The zero-order chi connectivity index (χ0) is 13.8. The minimum absolute atomic E-state index is 0.000690. The van der Waals surface area contributed by atoms with Crippen LogP contribution in [0.1, 0.15) is 59.3 Å². The average Bonchev–Trinajstić information content (AvgIpc) is 2.25. The van der Waals surface area contributed by atoms with Crippen LogP contribution >= 0.6 is 0 Å². The molecule has 0 spiro atoms. The molecule has 0 aromatic rings. The predicted octanol–water partition coefficient (Wildman–Crippen LogP) is 2.44.